The van der Waals surface area contributed by atoms with Crippen molar-refractivity contribution in [1.82, 2.24) is 13.9 Å². The number of methoxy groups -OCH3 is 1. The molecule has 208 valence electrons. The van der Waals surface area contributed by atoms with Crippen LogP contribution in [0.2, 0.25) is 0 Å². The largest absolute Gasteiger partial charge is 0.496 e. The molecule has 3 aromatic carbocycles. The van der Waals surface area contributed by atoms with Crippen molar-refractivity contribution in [3.05, 3.63) is 89.5 Å². The Balaban J connectivity index is 1.46. The first-order valence-corrected chi connectivity index (χ1v) is 15.5. The van der Waals surface area contributed by atoms with E-state index < -0.39 is 26.0 Å². The summed E-state index contributed by atoms with van der Waals surface area (Å²) in [5.41, 5.74) is 2.11. The molecule has 0 unspecified atom stereocenters. The topological polar surface area (TPSA) is 113 Å². The van der Waals surface area contributed by atoms with E-state index in [1.165, 1.54) is 35.7 Å². The van der Waals surface area contributed by atoms with Crippen LogP contribution in [-0.2, 0) is 37.9 Å². The summed E-state index contributed by atoms with van der Waals surface area (Å²) < 4.78 is 60.5. The highest BCUT2D eigenvalue weighted by Crippen LogP contribution is 2.25. The third-order valence-corrected chi connectivity index (χ3v) is 10.3. The van der Waals surface area contributed by atoms with E-state index >= 15 is 0 Å². The molecular weight excluding hydrogens is 538 g/mol. The molecule has 1 N–H and O–H groups in total. The number of carbonyl (C=O) groups excluding carboxylic acids is 1. The fourth-order valence-electron chi connectivity index (χ4n) is 4.45. The van der Waals surface area contributed by atoms with Crippen LogP contribution in [0.4, 0.5) is 0 Å². The number of sulfonamides is 2. The Bertz CT molecular complexity index is 1500. The number of hydrogen-bond acceptors (Lipinski definition) is 6. The molecule has 1 fully saturated rings. The molecule has 0 atom stereocenters. The number of benzene rings is 3. The highest BCUT2D eigenvalue weighted by molar-refractivity contribution is 7.89. The van der Waals surface area contributed by atoms with Crippen LogP contribution in [-0.4, -0.2) is 58.1 Å². The molecule has 0 saturated carbocycles. The minimum absolute atomic E-state index is 0.0186. The molecule has 0 spiro atoms. The first kappa shape index (κ1) is 28.8. The SMILES string of the molecule is COc1ccc(S(=O)(=O)N(CC(=O)NCc2ccc(S(=O)(=O)N3CCCC3)cc2)Cc2ccccc2)cc1C. The predicted molar refractivity (Wildman–Crippen MR) is 148 cm³/mol. The van der Waals surface area contributed by atoms with Gasteiger partial charge in [0.2, 0.25) is 26.0 Å². The maximum absolute atomic E-state index is 13.6. The Morgan fingerprint density at radius 1 is 0.897 bits per heavy atom. The standard InChI is InChI=1S/C28H33N3O6S2/c1-22-18-26(14-15-27(22)37-2)39(35,36)31(20-24-8-4-3-5-9-24)21-28(32)29-19-23-10-12-25(13-11-23)38(33,34)30-16-6-7-17-30/h3-5,8-15,18H,6-7,16-17,19-21H2,1-2H3,(H,29,32). The van der Waals surface area contributed by atoms with Gasteiger partial charge in [0, 0.05) is 26.2 Å². The molecule has 1 aliphatic rings. The van der Waals surface area contributed by atoms with Crippen LogP contribution in [0.25, 0.3) is 0 Å². The van der Waals surface area contributed by atoms with Gasteiger partial charge in [0.15, 0.2) is 0 Å². The van der Waals surface area contributed by atoms with Crippen LogP contribution in [0, 0.1) is 6.92 Å². The number of hydrogen-bond donors (Lipinski definition) is 1. The third kappa shape index (κ3) is 6.85. The highest BCUT2D eigenvalue weighted by atomic mass is 32.2. The van der Waals surface area contributed by atoms with Gasteiger partial charge in [-0.25, -0.2) is 16.8 Å². The Hall–Kier alpha value is -3.25. The average Bonchev–Trinajstić information content (AvgIpc) is 3.48. The van der Waals surface area contributed by atoms with E-state index in [2.05, 4.69) is 5.32 Å². The zero-order chi connectivity index (χ0) is 28.0. The number of amides is 1. The number of ether oxygens (including phenoxy) is 1. The predicted octanol–water partition coefficient (Wildman–Crippen LogP) is 3.30. The quantitative estimate of drug-likeness (QED) is 0.378. The van der Waals surface area contributed by atoms with Gasteiger partial charge in [-0.1, -0.05) is 42.5 Å². The van der Waals surface area contributed by atoms with Crippen molar-refractivity contribution in [2.45, 2.75) is 42.6 Å². The summed E-state index contributed by atoms with van der Waals surface area (Å²) in [5.74, 6) is 0.0917. The van der Waals surface area contributed by atoms with Crippen LogP contribution >= 0.6 is 0 Å². The molecule has 0 bridgehead atoms. The molecule has 39 heavy (non-hydrogen) atoms. The zero-order valence-corrected chi connectivity index (χ0v) is 23.7. The third-order valence-electron chi connectivity index (χ3n) is 6.64. The molecule has 3 aromatic rings. The lowest BCUT2D eigenvalue weighted by Gasteiger charge is -2.22. The van der Waals surface area contributed by atoms with Crippen LogP contribution in [0.5, 0.6) is 5.75 Å². The van der Waals surface area contributed by atoms with Crippen molar-refractivity contribution >= 4 is 26.0 Å². The number of nitrogens with one attached hydrogen (secondary N) is 1. The monoisotopic (exact) mass is 571 g/mol. The van der Waals surface area contributed by atoms with Gasteiger partial charge >= 0.3 is 0 Å². The summed E-state index contributed by atoms with van der Waals surface area (Å²) in [6, 6.07) is 20.0. The van der Waals surface area contributed by atoms with Crippen molar-refractivity contribution in [3.8, 4) is 5.75 Å². The molecule has 1 amide bonds. The molecule has 0 aliphatic carbocycles. The maximum Gasteiger partial charge on any atom is 0.243 e. The number of nitrogens with zero attached hydrogens (tertiary/aromatic N) is 2. The number of rotatable bonds is 11. The second-order valence-electron chi connectivity index (χ2n) is 9.42. The zero-order valence-electron chi connectivity index (χ0n) is 22.0. The summed E-state index contributed by atoms with van der Waals surface area (Å²) in [7, 11) is -6.01. The Morgan fingerprint density at radius 2 is 1.54 bits per heavy atom. The van der Waals surface area contributed by atoms with Gasteiger partial charge in [-0.15, -0.1) is 0 Å². The second kappa shape index (κ2) is 12.3. The molecule has 1 saturated heterocycles. The summed E-state index contributed by atoms with van der Waals surface area (Å²) in [5, 5.41) is 2.76. The molecule has 0 radical (unpaired) electrons. The number of aryl methyl sites for hydroxylation is 1. The van der Waals surface area contributed by atoms with Crippen LogP contribution in [0.1, 0.15) is 29.5 Å². The van der Waals surface area contributed by atoms with Crippen molar-refractivity contribution in [2.24, 2.45) is 0 Å². The van der Waals surface area contributed by atoms with E-state index in [1.54, 1.807) is 37.3 Å². The molecule has 1 aliphatic heterocycles. The van der Waals surface area contributed by atoms with Crippen molar-refractivity contribution in [2.75, 3.05) is 26.7 Å². The first-order valence-electron chi connectivity index (χ1n) is 12.7. The molecular formula is C28H33N3O6S2. The summed E-state index contributed by atoms with van der Waals surface area (Å²) in [4.78, 5) is 13.2. The van der Waals surface area contributed by atoms with E-state index in [4.69, 9.17) is 4.74 Å². The minimum Gasteiger partial charge on any atom is -0.496 e. The number of carbonyl (C=O) groups is 1. The van der Waals surface area contributed by atoms with Crippen molar-refractivity contribution in [3.63, 3.8) is 0 Å². The molecule has 11 heteroatoms. The Morgan fingerprint density at radius 3 is 2.15 bits per heavy atom. The molecule has 0 aromatic heterocycles. The first-order chi connectivity index (χ1) is 18.6. The van der Waals surface area contributed by atoms with Gasteiger partial charge in [-0.2, -0.15) is 8.61 Å². The van der Waals surface area contributed by atoms with Crippen LogP contribution in [0.15, 0.2) is 82.6 Å². The van der Waals surface area contributed by atoms with Gasteiger partial charge in [0.1, 0.15) is 5.75 Å². The lowest BCUT2D eigenvalue weighted by atomic mass is 10.2. The molecule has 1 heterocycles. The fraction of sp³-hybridized carbons (Fsp3) is 0.321. The lowest BCUT2D eigenvalue weighted by Crippen LogP contribution is -2.40. The van der Waals surface area contributed by atoms with Gasteiger partial charge in [0.05, 0.1) is 23.4 Å². The Labute approximate surface area is 230 Å². The lowest BCUT2D eigenvalue weighted by molar-refractivity contribution is -0.121. The summed E-state index contributed by atoms with van der Waals surface area (Å²) in [6.45, 7) is 2.57. The van der Waals surface area contributed by atoms with E-state index in [0.29, 0.717) is 30.0 Å². The van der Waals surface area contributed by atoms with Gasteiger partial charge in [-0.3, -0.25) is 4.79 Å². The van der Waals surface area contributed by atoms with Crippen LogP contribution in [0.3, 0.4) is 0 Å². The Kier molecular flexibility index (Phi) is 9.06. The molecule has 4 rings (SSSR count). The smallest absolute Gasteiger partial charge is 0.243 e. The minimum atomic E-state index is -4.01. The van der Waals surface area contributed by atoms with E-state index in [1.807, 2.05) is 18.2 Å². The molecule has 9 nitrogen and oxygen atoms in total. The average molecular weight is 572 g/mol. The van der Waals surface area contributed by atoms with E-state index in [-0.39, 0.29) is 29.4 Å². The van der Waals surface area contributed by atoms with Crippen LogP contribution < -0.4 is 10.1 Å². The van der Waals surface area contributed by atoms with Crippen molar-refractivity contribution in [1.29, 1.82) is 0 Å². The normalized spacial score (nSPS) is 14.4. The van der Waals surface area contributed by atoms with Gasteiger partial charge < -0.3 is 10.1 Å². The van der Waals surface area contributed by atoms with Gasteiger partial charge in [0.25, 0.3) is 0 Å². The van der Waals surface area contributed by atoms with E-state index in [9.17, 15) is 21.6 Å². The highest BCUT2D eigenvalue weighted by Gasteiger charge is 2.28. The maximum atomic E-state index is 13.6. The fourth-order valence-corrected chi connectivity index (χ4v) is 7.43. The van der Waals surface area contributed by atoms with E-state index in [0.717, 1.165) is 22.7 Å². The summed E-state index contributed by atoms with van der Waals surface area (Å²) >= 11 is 0. The summed E-state index contributed by atoms with van der Waals surface area (Å²) in [6.07, 6.45) is 1.72. The van der Waals surface area contributed by atoms with Crippen molar-refractivity contribution < 1.29 is 26.4 Å². The van der Waals surface area contributed by atoms with Gasteiger partial charge in [-0.05, 0) is 66.8 Å². The second-order valence-corrected chi connectivity index (χ2v) is 13.3.